The van der Waals surface area contributed by atoms with Crippen molar-refractivity contribution in [2.24, 2.45) is 0 Å². The molecule has 0 saturated carbocycles. The number of rotatable bonds is 6. The Labute approximate surface area is 106 Å². The van der Waals surface area contributed by atoms with Gasteiger partial charge in [-0.15, -0.1) is 0 Å². The molecule has 0 saturated heterocycles. The topological polar surface area (TPSA) is 67.4 Å². The number of hydrogen-bond acceptors (Lipinski definition) is 3. The van der Waals surface area contributed by atoms with Crippen molar-refractivity contribution >= 4 is 11.8 Å². The van der Waals surface area contributed by atoms with E-state index < -0.39 is 11.8 Å². The number of amides is 2. The van der Waals surface area contributed by atoms with Crippen molar-refractivity contribution in [2.75, 3.05) is 13.2 Å². The van der Waals surface area contributed by atoms with Gasteiger partial charge in [0.1, 0.15) is 6.61 Å². The standard InChI is InChI=1S/C13H16N2O3/c1-2-18-9-8-14-12(16)13(17)15-10-11-6-4-3-5-7-11/h2-7H,1,8-10H2,(H,14,16)(H,15,17). The fourth-order valence-electron chi connectivity index (χ4n) is 1.25. The Bertz CT molecular complexity index is 404. The van der Waals surface area contributed by atoms with Gasteiger partial charge in [0, 0.05) is 6.54 Å². The second kappa shape index (κ2) is 7.89. The third-order valence-electron chi connectivity index (χ3n) is 2.13. The van der Waals surface area contributed by atoms with Gasteiger partial charge in [-0.3, -0.25) is 9.59 Å². The Kier molecular flexibility index (Phi) is 6.03. The largest absolute Gasteiger partial charge is 0.500 e. The summed E-state index contributed by atoms with van der Waals surface area (Å²) in [4.78, 5) is 22.7. The van der Waals surface area contributed by atoms with Gasteiger partial charge in [-0.1, -0.05) is 36.9 Å². The van der Waals surface area contributed by atoms with Crippen molar-refractivity contribution in [1.82, 2.24) is 10.6 Å². The highest BCUT2D eigenvalue weighted by atomic mass is 16.5. The van der Waals surface area contributed by atoms with E-state index in [0.717, 1.165) is 5.56 Å². The highest BCUT2D eigenvalue weighted by Crippen LogP contribution is 1.96. The van der Waals surface area contributed by atoms with Crippen LogP contribution in [0.3, 0.4) is 0 Å². The monoisotopic (exact) mass is 248 g/mol. The molecule has 1 rings (SSSR count). The molecule has 0 fully saturated rings. The molecule has 0 spiro atoms. The lowest BCUT2D eigenvalue weighted by Gasteiger charge is -2.06. The van der Waals surface area contributed by atoms with Gasteiger partial charge in [-0.2, -0.15) is 0 Å². The van der Waals surface area contributed by atoms with Gasteiger partial charge in [-0.25, -0.2) is 0 Å². The van der Waals surface area contributed by atoms with E-state index in [0.29, 0.717) is 13.2 Å². The smallest absolute Gasteiger partial charge is 0.309 e. The Balaban J connectivity index is 2.23. The molecule has 5 nitrogen and oxygen atoms in total. The maximum absolute atomic E-state index is 11.4. The number of hydrogen-bond donors (Lipinski definition) is 2. The molecule has 2 amide bonds. The van der Waals surface area contributed by atoms with Crippen LogP contribution in [0.5, 0.6) is 0 Å². The van der Waals surface area contributed by atoms with Gasteiger partial charge in [0.2, 0.25) is 0 Å². The molecular weight excluding hydrogens is 232 g/mol. The molecule has 5 heteroatoms. The van der Waals surface area contributed by atoms with Crippen LogP contribution < -0.4 is 10.6 Å². The first kappa shape index (κ1) is 13.8. The van der Waals surface area contributed by atoms with Crippen LogP contribution in [0.25, 0.3) is 0 Å². The Morgan fingerprint density at radius 1 is 1.17 bits per heavy atom. The van der Waals surface area contributed by atoms with Crippen LogP contribution in [-0.4, -0.2) is 25.0 Å². The summed E-state index contributed by atoms with van der Waals surface area (Å²) in [5.74, 6) is -1.32. The van der Waals surface area contributed by atoms with E-state index >= 15 is 0 Å². The molecule has 18 heavy (non-hydrogen) atoms. The minimum Gasteiger partial charge on any atom is -0.500 e. The van der Waals surface area contributed by atoms with Crippen molar-refractivity contribution in [3.05, 3.63) is 48.7 Å². The Hall–Kier alpha value is -2.30. The van der Waals surface area contributed by atoms with E-state index in [1.165, 1.54) is 6.26 Å². The molecule has 0 aromatic heterocycles. The van der Waals surface area contributed by atoms with Gasteiger partial charge < -0.3 is 15.4 Å². The van der Waals surface area contributed by atoms with Crippen LogP contribution in [0.1, 0.15) is 5.56 Å². The lowest BCUT2D eigenvalue weighted by molar-refractivity contribution is -0.139. The second-order valence-electron chi connectivity index (χ2n) is 3.46. The number of ether oxygens (including phenoxy) is 1. The van der Waals surface area contributed by atoms with Gasteiger partial charge in [0.05, 0.1) is 12.8 Å². The minimum atomic E-state index is -0.668. The van der Waals surface area contributed by atoms with Gasteiger partial charge in [-0.05, 0) is 5.56 Å². The normalized spacial score (nSPS) is 9.33. The molecule has 0 radical (unpaired) electrons. The lowest BCUT2D eigenvalue weighted by Crippen LogP contribution is -2.40. The van der Waals surface area contributed by atoms with E-state index in [1.54, 1.807) is 0 Å². The summed E-state index contributed by atoms with van der Waals surface area (Å²) < 4.78 is 4.81. The van der Waals surface area contributed by atoms with Crippen LogP contribution in [0, 0.1) is 0 Å². The highest BCUT2D eigenvalue weighted by molar-refractivity contribution is 6.35. The van der Waals surface area contributed by atoms with Crippen LogP contribution in [0.2, 0.25) is 0 Å². The predicted octanol–water partition coefficient (Wildman–Crippen LogP) is 0.579. The maximum Gasteiger partial charge on any atom is 0.309 e. The Morgan fingerprint density at radius 2 is 1.83 bits per heavy atom. The zero-order chi connectivity index (χ0) is 13.2. The van der Waals surface area contributed by atoms with Crippen molar-refractivity contribution in [2.45, 2.75) is 6.54 Å². The molecule has 1 aromatic carbocycles. The summed E-state index contributed by atoms with van der Waals surface area (Å²) in [6.07, 6.45) is 1.28. The maximum atomic E-state index is 11.4. The van der Waals surface area contributed by atoms with Crippen LogP contribution >= 0.6 is 0 Å². The zero-order valence-electron chi connectivity index (χ0n) is 10.0. The number of benzene rings is 1. The third-order valence-corrected chi connectivity index (χ3v) is 2.13. The van der Waals surface area contributed by atoms with Gasteiger partial charge in [0.15, 0.2) is 0 Å². The summed E-state index contributed by atoms with van der Waals surface area (Å²) in [5.41, 5.74) is 0.939. The molecule has 0 bridgehead atoms. The molecule has 0 aliphatic carbocycles. The molecule has 0 atom stereocenters. The van der Waals surface area contributed by atoms with E-state index in [1.807, 2.05) is 30.3 Å². The fourth-order valence-corrected chi connectivity index (χ4v) is 1.25. The summed E-state index contributed by atoms with van der Waals surface area (Å²) >= 11 is 0. The Morgan fingerprint density at radius 3 is 2.50 bits per heavy atom. The highest BCUT2D eigenvalue weighted by Gasteiger charge is 2.11. The lowest BCUT2D eigenvalue weighted by atomic mass is 10.2. The van der Waals surface area contributed by atoms with Crippen molar-refractivity contribution < 1.29 is 14.3 Å². The first-order valence-corrected chi connectivity index (χ1v) is 5.56. The third kappa shape index (κ3) is 5.16. The molecule has 0 unspecified atom stereocenters. The quantitative estimate of drug-likeness (QED) is 0.439. The molecule has 0 aliphatic heterocycles. The molecule has 96 valence electrons. The van der Waals surface area contributed by atoms with Crippen LogP contribution in [0.15, 0.2) is 43.2 Å². The first-order valence-electron chi connectivity index (χ1n) is 5.56. The summed E-state index contributed by atoms with van der Waals surface area (Å²) in [5, 5.41) is 4.96. The molecule has 1 aromatic rings. The fraction of sp³-hybridized carbons (Fsp3) is 0.231. The molecule has 0 aliphatic rings. The van der Waals surface area contributed by atoms with Crippen LogP contribution in [0.4, 0.5) is 0 Å². The molecule has 0 heterocycles. The van der Waals surface area contributed by atoms with Crippen molar-refractivity contribution in [1.29, 1.82) is 0 Å². The van der Waals surface area contributed by atoms with E-state index in [4.69, 9.17) is 4.74 Å². The average Bonchev–Trinajstić information content (AvgIpc) is 2.42. The predicted molar refractivity (Wildman–Crippen MR) is 67.4 cm³/mol. The minimum absolute atomic E-state index is 0.267. The molecular formula is C13H16N2O3. The SMILES string of the molecule is C=COCCNC(=O)C(=O)NCc1ccccc1. The second-order valence-corrected chi connectivity index (χ2v) is 3.46. The average molecular weight is 248 g/mol. The molecule has 2 N–H and O–H groups in total. The van der Waals surface area contributed by atoms with E-state index in [-0.39, 0.29) is 6.54 Å². The number of carbonyl (C=O) groups excluding carboxylic acids is 2. The van der Waals surface area contributed by atoms with Gasteiger partial charge in [0.25, 0.3) is 0 Å². The van der Waals surface area contributed by atoms with Crippen molar-refractivity contribution in [3.8, 4) is 0 Å². The summed E-state index contributed by atoms with van der Waals surface area (Å²) in [6, 6.07) is 9.37. The van der Waals surface area contributed by atoms with E-state index in [2.05, 4.69) is 17.2 Å². The van der Waals surface area contributed by atoms with Gasteiger partial charge >= 0.3 is 11.8 Å². The van der Waals surface area contributed by atoms with Crippen molar-refractivity contribution in [3.63, 3.8) is 0 Å². The van der Waals surface area contributed by atoms with Crippen LogP contribution in [-0.2, 0) is 20.9 Å². The first-order chi connectivity index (χ1) is 8.74. The number of carbonyl (C=O) groups is 2. The summed E-state index contributed by atoms with van der Waals surface area (Å²) in [6.45, 7) is 4.25. The van der Waals surface area contributed by atoms with E-state index in [9.17, 15) is 9.59 Å². The number of nitrogens with one attached hydrogen (secondary N) is 2. The zero-order valence-corrected chi connectivity index (χ0v) is 10.0. The summed E-state index contributed by atoms with van der Waals surface area (Å²) in [7, 11) is 0.